The molecule has 9 nitrogen and oxygen atoms in total. The number of ether oxygens (including phenoxy) is 2. The summed E-state index contributed by atoms with van der Waals surface area (Å²) in [4.78, 5) is 33.8. The predicted octanol–water partition coefficient (Wildman–Crippen LogP) is 1.06. The first kappa shape index (κ1) is 22.0. The minimum absolute atomic E-state index is 0.326. The van der Waals surface area contributed by atoms with Crippen LogP contribution in [0.2, 0.25) is 5.15 Å². The molecule has 0 radical (unpaired) electrons. The molecule has 0 atom stereocenters. The molecule has 154 valence electrons. The van der Waals surface area contributed by atoms with Crippen molar-refractivity contribution < 1.29 is 23.9 Å². The van der Waals surface area contributed by atoms with Crippen molar-refractivity contribution in [3.05, 3.63) is 52.3 Å². The minimum Gasteiger partial charge on any atom is -0.497 e. The van der Waals surface area contributed by atoms with E-state index in [1.807, 2.05) is 24.3 Å². The van der Waals surface area contributed by atoms with Gasteiger partial charge in [-0.2, -0.15) is 5.10 Å². The molecule has 29 heavy (non-hydrogen) atoms. The van der Waals surface area contributed by atoms with Crippen LogP contribution >= 0.6 is 11.6 Å². The summed E-state index contributed by atoms with van der Waals surface area (Å²) in [6.07, 6.45) is 2.61. The van der Waals surface area contributed by atoms with Crippen molar-refractivity contribution in [3.63, 3.8) is 0 Å². The molecule has 1 aromatic carbocycles. The van der Waals surface area contributed by atoms with Crippen LogP contribution in [0.1, 0.15) is 16.8 Å². The number of carbonyl (C=O) groups excluding carboxylic acids is 3. The molecule has 0 saturated carbocycles. The molecule has 1 aromatic heterocycles. The van der Waals surface area contributed by atoms with Gasteiger partial charge in [0.05, 0.1) is 25.9 Å². The van der Waals surface area contributed by atoms with Gasteiger partial charge in [0, 0.05) is 11.6 Å². The first-order valence-electron chi connectivity index (χ1n) is 8.55. The third kappa shape index (κ3) is 6.65. The van der Waals surface area contributed by atoms with Crippen LogP contribution in [0, 0.1) is 6.92 Å². The first-order chi connectivity index (χ1) is 13.8. The summed E-state index contributed by atoms with van der Waals surface area (Å²) < 4.78 is 11.6. The molecule has 0 unspecified atom stereocenters. The van der Waals surface area contributed by atoms with Crippen LogP contribution in [0.4, 0.5) is 0 Å². The van der Waals surface area contributed by atoms with Crippen molar-refractivity contribution in [2.45, 2.75) is 13.5 Å². The third-order valence-electron chi connectivity index (χ3n) is 3.77. The average molecular weight is 421 g/mol. The summed E-state index contributed by atoms with van der Waals surface area (Å²) in [5.74, 6) is -1.34. The molecular formula is C19H21ClN4O5. The molecule has 1 heterocycles. The van der Waals surface area contributed by atoms with Gasteiger partial charge in [-0.25, -0.2) is 9.48 Å². The maximum absolute atomic E-state index is 11.8. The van der Waals surface area contributed by atoms with E-state index in [-0.39, 0.29) is 6.54 Å². The number of rotatable bonds is 9. The van der Waals surface area contributed by atoms with Gasteiger partial charge in [-0.15, -0.1) is 0 Å². The van der Waals surface area contributed by atoms with Crippen molar-refractivity contribution >= 4 is 35.5 Å². The number of carbonyl (C=O) groups is 3. The molecule has 10 heteroatoms. The number of halogens is 1. The second-order valence-corrected chi connectivity index (χ2v) is 6.34. The number of hydrogen-bond donors (Lipinski definition) is 2. The lowest BCUT2D eigenvalue weighted by molar-refractivity contribution is -0.143. The van der Waals surface area contributed by atoms with Crippen LogP contribution in [0.15, 0.2) is 30.3 Å². The second kappa shape index (κ2) is 10.3. The summed E-state index contributed by atoms with van der Waals surface area (Å²) in [6, 6.07) is 7.51. The van der Waals surface area contributed by atoms with Gasteiger partial charge in [0.1, 0.15) is 10.9 Å². The molecule has 0 aliphatic heterocycles. The Morgan fingerprint density at radius 1 is 1.34 bits per heavy atom. The number of primary amides is 1. The quantitative estimate of drug-likeness (QED) is 0.461. The largest absolute Gasteiger partial charge is 0.497 e. The van der Waals surface area contributed by atoms with Crippen molar-refractivity contribution in [2.75, 3.05) is 20.3 Å². The van der Waals surface area contributed by atoms with Gasteiger partial charge in [-0.05, 0) is 30.7 Å². The summed E-state index contributed by atoms with van der Waals surface area (Å²) in [5, 5.41) is 6.95. The molecule has 2 aromatic rings. The van der Waals surface area contributed by atoms with Gasteiger partial charge >= 0.3 is 5.97 Å². The summed E-state index contributed by atoms with van der Waals surface area (Å²) in [7, 11) is 1.59. The monoisotopic (exact) mass is 420 g/mol. The highest BCUT2D eigenvalue weighted by atomic mass is 35.5. The lowest BCUT2D eigenvalue weighted by Crippen LogP contribution is -2.35. The van der Waals surface area contributed by atoms with E-state index < -0.39 is 24.4 Å². The number of hydrogen-bond acceptors (Lipinski definition) is 6. The Bertz CT molecular complexity index is 939. The number of aryl methyl sites for hydroxylation is 1. The summed E-state index contributed by atoms with van der Waals surface area (Å²) in [5.41, 5.74) is 7.04. The average Bonchev–Trinajstić information content (AvgIpc) is 2.95. The molecule has 3 N–H and O–H groups in total. The lowest BCUT2D eigenvalue weighted by Gasteiger charge is -2.06. The second-order valence-electron chi connectivity index (χ2n) is 5.98. The fraction of sp³-hybridized carbons (Fsp3) is 0.263. The fourth-order valence-electron chi connectivity index (χ4n) is 2.38. The minimum atomic E-state index is -0.741. The van der Waals surface area contributed by atoms with Crippen LogP contribution in [0.3, 0.4) is 0 Å². The van der Waals surface area contributed by atoms with E-state index in [1.165, 1.54) is 6.08 Å². The molecule has 0 saturated heterocycles. The van der Waals surface area contributed by atoms with Crippen molar-refractivity contribution in [3.8, 4) is 5.75 Å². The van der Waals surface area contributed by atoms with Crippen LogP contribution in [-0.2, 0) is 25.7 Å². The third-order valence-corrected chi connectivity index (χ3v) is 4.17. The van der Waals surface area contributed by atoms with E-state index in [1.54, 1.807) is 18.7 Å². The molecule has 2 amide bonds. The maximum Gasteiger partial charge on any atom is 0.331 e. The maximum atomic E-state index is 11.8. The van der Waals surface area contributed by atoms with E-state index in [2.05, 4.69) is 10.4 Å². The SMILES string of the molecule is COc1cccc(Cn2nc(C)c(/C=C/C(=O)OCC(=O)NCC(N)=O)c2Cl)c1. The lowest BCUT2D eigenvalue weighted by atomic mass is 10.2. The van der Waals surface area contributed by atoms with Gasteiger partial charge in [-0.1, -0.05) is 23.7 Å². The van der Waals surface area contributed by atoms with Crippen molar-refractivity contribution in [1.29, 1.82) is 0 Å². The number of amides is 2. The first-order valence-corrected chi connectivity index (χ1v) is 8.93. The van der Waals surface area contributed by atoms with Crippen molar-refractivity contribution in [1.82, 2.24) is 15.1 Å². The van der Waals surface area contributed by atoms with Crippen molar-refractivity contribution in [2.24, 2.45) is 5.73 Å². The molecule has 0 bridgehead atoms. The number of methoxy groups -OCH3 is 1. The Labute approximate surface area is 172 Å². The Hall–Kier alpha value is -3.33. The van der Waals surface area contributed by atoms with Crippen LogP contribution < -0.4 is 15.8 Å². The zero-order valence-corrected chi connectivity index (χ0v) is 16.7. The molecule has 2 rings (SSSR count). The van der Waals surface area contributed by atoms with E-state index in [0.29, 0.717) is 23.0 Å². The van der Waals surface area contributed by atoms with Gasteiger partial charge in [-0.3, -0.25) is 9.59 Å². The predicted molar refractivity (Wildman–Crippen MR) is 106 cm³/mol. The number of nitrogens with two attached hydrogens (primary N) is 1. The summed E-state index contributed by atoms with van der Waals surface area (Å²) >= 11 is 6.39. The number of esters is 1. The smallest absolute Gasteiger partial charge is 0.331 e. The Kier molecular flexibility index (Phi) is 7.79. The highest BCUT2D eigenvalue weighted by Gasteiger charge is 2.13. The topological polar surface area (TPSA) is 126 Å². The van der Waals surface area contributed by atoms with Crippen LogP contribution in [-0.4, -0.2) is 47.8 Å². The van der Waals surface area contributed by atoms with Gasteiger partial charge in [0.25, 0.3) is 5.91 Å². The fourth-order valence-corrected chi connectivity index (χ4v) is 2.68. The highest BCUT2D eigenvalue weighted by Crippen LogP contribution is 2.23. The van der Waals surface area contributed by atoms with Gasteiger partial charge < -0.3 is 20.5 Å². The zero-order valence-electron chi connectivity index (χ0n) is 16.0. The normalized spacial score (nSPS) is 10.7. The zero-order chi connectivity index (χ0) is 21.4. The molecule has 0 fully saturated rings. The molecule has 0 spiro atoms. The Morgan fingerprint density at radius 3 is 2.79 bits per heavy atom. The van der Waals surface area contributed by atoms with Crippen LogP contribution in [0.25, 0.3) is 6.08 Å². The number of aromatic nitrogens is 2. The van der Waals surface area contributed by atoms with E-state index >= 15 is 0 Å². The highest BCUT2D eigenvalue weighted by molar-refractivity contribution is 6.31. The van der Waals surface area contributed by atoms with Gasteiger partial charge in [0.15, 0.2) is 6.61 Å². The summed E-state index contributed by atoms with van der Waals surface area (Å²) in [6.45, 7) is 1.33. The number of benzene rings is 1. The molecule has 0 aliphatic carbocycles. The number of nitrogens with zero attached hydrogens (tertiary/aromatic N) is 2. The van der Waals surface area contributed by atoms with E-state index in [0.717, 1.165) is 17.4 Å². The molecular weight excluding hydrogens is 400 g/mol. The standard InChI is InChI=1S/C19H21ClN4O5/c1-12-15(6-7-18(27)29-11-17(26)22-9-16(21)25)19(20)24(23-12)10-13-4-3-5-14(8-13)28-2/h3-8H,9-11H2,1-2H3,(H2,21,25)(H,22,26)/b7-6+. The Balaban J connectivity index is 1.99. The van der Waals surface area contributed by atoms with Gasteiger partial charge in [0.2, 0.25) is 5.91 Å². The van der Waals surface area contributed by atoms with E-state index in [9.17, 15) is 14.4 Å². The van der Waals surface area contributed by atoms with Crippen LogP contribution in [0.5, 0.6) is 5.75 Å². The number of nitrogens with one attached hydrogen (secondary N) is 1. The van der Waals surface area contributed by atoms with E-state index in [4.69, 9.17) is 26.8 Å². The molecule has 0 aliphatic rings. The Morgan fingerprint density at radius 2 is 2.10 bits per heavy atom.